The molecule has 5 nitrogen and oxygen atoms in total. The standard InChI is InChI=1S/C22H30O5/c23-18(16-27-19-8-4-3-5-9-19)14-12-17-13-15-21(24)20(17)10-6-1-2-7-11-22(25)26/h3-5,8-9,12,14,17-18,20,23H,1-2,6-7,10-11,13,15-16H2,(H,25,26)/b14-12+/t17-,18+,20+/m1/s1. The number of unbranched alkanes of at least 4 members (excludes halogenated alkanes) is 3. The monoisotopic (exact) mass is 374 g/mol. The molecule has 5 heteroatoms. The number of aliphatic hydroxyl groups excluding tert-OH is 1. The first-order chi connectivity index (χ1) is 13.1. The first-order valence-corrected chi connectivity index (χ1v) is 9.85. The second kappa shape index (κ2) is 11.5. The smallest absolute Gasteiger partial charge is 0.303 e. The molecule has 2 rings (SSSR count). The Labute approximate surface area is 161 Å². The van der Waals surface area contributed by atoms with E-state index in [4.69, 9.17) is 9.84 Å². The molecule has 3 atom stereocenters. The quantitative estimate of drug-likeness (QED) is 0.427. The summed E-state index contributed by atoms with van der Waals surface area (Å²) in [5, 5.41) is 18.7. The van der Waals surface area contributed by atoms with Crippen LogP contribution < -0.4 is 4.74 Å². The number of para-hydroxylation sites is 1. The van der Waals surface area contributed by atoms with E-state index in [1.54, 1.807) is 6.08 Å². The lowest BCUT2D eigenvalue weighted by Crippen LogP contribution is -2.17. The number of carboxylic acids is 1. The number of benzene rings is 1. The minimum Gasteiger partial charge on any atom is -0.491 e. The highest BCUT2D eigenvalue weighted by Gasteiger charge is 2.32. The number of ether oxygens (including phenoxy) is 1. The van der Waals surface area contributed by atoms with Crippen LogP contribution in [-0.2, 0) is 9.59 Å². The van der Waals surface area contributed by atoms with Crippen LogP contribution in [0.15, 0.2) is 42.5 Å². The summed E-state index contributed by atoms with van der Waals surface area (Å²) >= 11 is 0. The van der Waals surface area contributed by atoms with Crippen LogP contribution >= 0.6 is 0 Å². The molecule has 0 amide bonds. The molecule has 0 heterocycles. The van der Waals surface area contributed by atoms with Gasteiger partial charge in [-0.3, -0.25) is 9.59 Å². The molecule has 0 bridgehead atoms. The van der Waals surface area contributed by atoms with Gasteiger partial charge < -0.3 is 14.9 Å². The van der Waals surface area contributed by atoms with Crippen molar-refractivity contribution in [3.63, 3.8) is 0 Å². The summed E-state index contributed by atoms with van der Waals surface area (Å²) in [4.78, 5) is 22.7. The maximum absolute atomic E-state index is 12.2. The maximum atomic E-state index is 12.2. The number of hydrogen-bond acceptors (Lipinski definition) is 4. The summed E-state index contributed by atoms with van der Waals surface area (Å²) in [5.74, 6) is 0.499. The third-order valence-electron chi connectivity index (χ3n) is 5.05. The molecule has 0 radical (unpaired) electrons. The lowest BCUT2D eigenvalue weighted by atomic mass is 9.89. The topological polar surface area (TPSA) is 83.8 Å². The normalized spacial score (nSPS) is 20.9. The highest BCUT2D eigenvalue weighted by Crippen LogP contribution is 2.34. The number of aliphatic carboxylic acids is 1. The minimum absolute atomic E-state index is 0.0305. The zero-order chi connectivity index (χ0) is 19.5. The number of carbonyl (C=O) groups excluding carboxylic acids is 1. The Balaban J connectivity index is 1.70. The van der Waals surface area contributed by atoms with Crippen molar-refractivity contribution in [2.24, 2.45) is 11.8 Å². The predicted molar refractivity (Wildman–Crippen MR) is 104 cm³/mol. The fourth-order valence-corrected chi connectivity index (χ4v) is 3.56. The van der Waals surface area contributed by atoms with E-state index in [0.29, 0.717) is 18.6 Å². The molecule has 1 aliphatic carbocycles. The first-order valence-electron chi connectivity index (χ1n) is 9.85. The molecule has 1 aliphatic rings. The molecule has 1 aromatic carbocycles. The van der Waals surface area contributed by atoms with Crippen LogP contribution in [0.1, 0.15) is 51.4 Å². The Morgan fingerprint density at radius 2 is 1.93 bits per heavy atom. The van der Waals surface area contributed by atoms with Crippen molar-refractivity contribution in [1.82, 2.24) is 0 Å². The van der Waals surface area contributed by atoms with Crippen molar-refractivity contribution in [2.45, 2.75) is 57.5 Å². The van der Waals surface area contributed by atoms with Gasteiger partial charge in [-0.1, -0.05) is 49.6 Å². The van der Waals surface area contributed by atoms with Gasteiger partial charge in [0.25, 0.3) is 0 Å². The van der Waals surface area contributed by atoms with E-state index in [1.807, 2.05) is 36.4 Å². The van der Waals surface area contributed by atoms with Gasteiger partial charge in [0.15, 0.2) is 0 Å². The van der Waals surface area contributed by atoms with Crippen molar-refractivity contribution < 1.29 is 24.5 Å². The molecule has 27 heavy (non-hydrogen) atoms. The van der Waals surface area contributed by atoms with Gasteiger partial charge in [0.2, 0.25) is 0 Å². The van der Waals surface area contributed by atoms with Gasteiger partial charge in [0, 0.05) is 18.8 Å². The summed E-state index contributed by atoms with van der Waals surface area (Å²) in [5.41, 5.74) is 0. The van der Waals surface area contributed by atoms with Crippen LogP contribution in [0.2, 0.25) is 0 Å². The van der Waals surface area contributed by atoms with E-state index >= 15 is 0 Å². The molecular formula is C22H30O5. The van der Waals surface area contributed by atoms with Gasteiger partial charge in [-0.05, 0) is 37.3 Å². The fourth-order valence-electron chi connectivity index (χ4n) is 3.56. The lowest BCUT2D eigenvalue weighted by Gasteiger charge is -2.15. The zero-order valence-corrected chi connectivity index (χ0v) is 15.8. The highest BCUT2D eigenvalue weighted by atomic mass is 16.5. The Bertz CT molecular complexity index is 610. The summed E-state index contributed by atoms with van der Waals surface area (Å²) in [7, 11) is 0. The molecule has 1 fully saturated rings. The summed E-state index contributed by atoms with van der Waals surface area (Å²) in [6.07, 6.45) is 9.02. The van der Waals surface area contributed by atoms with E-state index in [1.165, 1.54) is 0 Å². The Morgan fingerprint density at radius 1 is 1.19 bits per heavy atom. The predicted octanol–water partition coefficient (Wildman–Crippen LogP) is 4.00. The molecule has 0 unspecified atom stereocenters. The molecule has 0 saturated heterocycles. The number of aliphatic hydroxyl groups is 1. The molecule has 148 valence electrons. The molecule has 0 spiro atoms. The molecule has 1 saturated carbocycles. The molecule has 2 N–H and O–H groups in total. The van der Waals surface area contributed by atoms with Crippen LogP contribution in [0.5, 0.6) is 5.75 Å². The zero-order valence-electron chi connectivity index (χ0n) is 15.8. The second-order valence-corrected chi connectivity index (χ2v) is 7.20. The van der Waals surface area contributed by atoms with Crippen LogP contribution in [0.25, 0.3) is 0 Å². The van der Waals surface area contributed by atoms with E-state index in [9.17, 15) is 14.7 Å². The minimum atomic E-state index is -0.749. The number of allylic oxidation sites excluding steroid dienone is 1. The molecule has 0 aliphatic heterocycles. The third kappa shape index (κ3) is 7.95. The van der Waals surface area contributed by atoms with Crippen molar-refractivity contribution >= 4 is 11.8 Å². The highest BCUT2D eigenvalue weighted by molar-refractivity contribution is 5.83. The van der Waals surface area contributed by atoms with Gasteiger partial charge >= 0.3 is 5.97 Å². The fraction of sp³-hybridized carbons (Fsp3) is 0.545. The summed E-state index contributed by atoms with van der Waals surface area (Å²) in [6.45, 7) is 0.190. The van der Waals surface area contributed by atoms with Crippen molar-refractivity contribution in [2.75, 3.05) is 6.61 Å². The van der Waals surface area contributed by atoms with Crippen LogP contribution in [0.4, 0.5) is 0 Å². The number of hydrogen-bond donors (Lipinski definition) is 2. The molecule has 1 aromatic rings. The number of carbonyl (C=O) groups is 2. The third-order valence-corrected chi connectivity index (χ3v) is 5.05. The molecule has 0 aromatic heterocycles. The Hall–Kier alpha value is -2.14. The lowest BCUT2D eigenvalue weighted by molar-refractivity contribution is -0.137. The maximum Gasteiger partial charge on any atom is 0.303 e. The van der Waals surface area contributed by atoms with Gasteiger partial charge in [-0.25, -0.2) is 0 Å². The first kappa shape index (κ1) is 21.2. The van der Waals surface area contributed by atoms with E-state index in [-0.39, 0.29) is 24.9 Å². The Morgan fingerprint density at radius 3 is 2.67 bits per heavy atom. The van der Waals surface area contributed by atoms with Gasteiger partial charge in [-0.2, -0.15) is 0 Å². The van der Waals surface area contributed by atoms with Crippen LogP contribution in [0.3, 0.4) is 0 Å². The van der Waals surface area contributed by atoms with Crippen LogP contribution in [0, 0.1) is 11.8 Å². The van der Waals surface area contributed by atoms with Gasteiger partial charge in [0.05, 0.1) is 0 Å². The van der Waals surface area contributed by atoms with Gasteiger partial charge in [-0.15, -0.1) is 0 Å². The summed E-state index contributed by atoms with van der Waals surface area (Å²) < 4.78 is 5.54. The number of ketones is 1. The molecular weight excluding hydrogens is 344 g/mol. The van der Waals surface area contributed by atoms with Crippen molar-refractivity contribution in [3.8, 4) is 5.75 Å². The van der Waals surface area contributed by atoms with E-state index in [0.717, 1.165) is 37.9 Å². The van der Waals surface area contributed by atoms with Crippen molar-refractivity contribution in [1.29, 1.82) is 0 Å². The average Bonchev–Trinajstić information content (AvgIpc) is 3.01. The van der Waals surface area contributed by atoms with Crippen LogP contribution in [-0.4, -0.2) is 34.7 Å². The van der Waals surface area contributed by atoms with E-state index in [2.05, 4.69) is 0 Å². The largest absolute Gasteiger partial charge is 0.491 e. The SMILES string of the molecule is O=C(O)CCCCCC[C@@H]1C(=O)CC[C@H]1/C=C/[C@H](O)COc1ccccc1. The second-order valence-electron chi connectivity index (χ2n) is 7.20. The average molecular weight is 374 g/mol. The van der Waals surface area contributed by atoms with Gasteiger partial charge in [0.1, 0.15) is 24.2 Å². The number of rotatable bonds is 12. The van der Waals surface area contributed by atoms with Crippen molar-refractivity contribution in [3.05, 3.63) is 42.5 Å². The Kier molecular flexibility index (Phi) is 9.05. The number of Topliss-reactive ketones (excluding diaryl/α,β-unsaturated/α-hetero) is 1. The van der Waals surface area contributed by atoms with E-state index < -0.39 is 12.1 Å². The number of carboxylic acid groups (broad SMARTS) is 1. The summed E-state index contributed by atoms with van der Waals surface area (Å²) in [6, 6.07) is 9.37.